The lowest BCUT2D eigenvalue weighted by molar-refractivity contribution is -0.115. The zero-order valence-corrected chi connectivity index (χ0v) is 17.7. The molecule has 3 aromatic carbocycles. The number of carbonyl (C=O) groups excluding carboxylic acids is 1. The fourth-order valence-corrected chi connectivity index (χ4v) is 4.29. The summed E-state index contributed by atoms with van der Waals surface area (Å²) in [5, 5.41) is 49.4. The number of hydrogen-bond donors (Lipinski definition) is 5. The Morgan fingerprint density at radius 1 is 0.636 bits per heavy atom. The van der Waals surface area contributed by atoms with E-state index in [9.17, 15) is 30.3 Å². The molecular formula is C27H24O6. The average molecular weight is 444 g/mol. The first-order chi connectivity index (χ1) is 15.8. The predicted octanol–water partition coefficient (Wildman–Crippen LogP) is 5.08. The van der Waals surface area contributed by atoms with Crippen LogP contribution in [-0.2, 0) is 4.79 Å². The molecule has 1 aliphatic carbocycles. The van der Waals surface area contributed by atoms with Crippen LogP contribution in [0.4, 0.5) is 0 Å². The highest BCUT2D eigenvalue weighted by atomic mass is 16.3. The third-order valence-electron chi connectivity index (χ3n) is 5.87. The van der Waals surface area contributed by atoms with Crippen LogP contribution >= 0.6 is 0 Å². The molecule has 2 atom stereocenters. The van der Waals surface area contributed by atoms with Crippen molar-refractivity contribution in [2.45, 2.75) is 24.7 Å². The van der Waals surface area contributed by atoms with Crippen molar-refractivity contribution in [2.24, 2.45) is 0 Å². The number of hydrogen-bond acceptors (Lipinski definition) is 6. The number of phenolic OH excluding ortho intramolecular Hbond substituents is 5. The summed E-state index contributed by atoms with van der Waals surface area (Å²) in [5.41, 5.74) is 2.95. The summed E-state index contributed by atoms with van der Waals surface area (Å²) in [5.74, 6) is -1.28. The highest BCUT2D eigenvalue weighted by molar-refractivity contribution is 5.92. The largest absolute Gasteiger partial charge is 0.508 e. The van der Waals surface area contributed by atoms with Crippen LogP contribution in [0, 0.1) is 0 Å². The molecule has 0 aromatic heterocycles. The lowest BCUT2D eigenvalue weighted by Crippen LogP contribution is -2.13. The van der Waals surface area contributed by atoms with Gasteiger partial charge in [0.15, 0.2) is 17.3 Å². The fourth-order valence-electron chi connectivity index (χ4n) is 4.29. The van der Waals surface area contributed by atoms with Crippen molar-refractivity contribution >= 4 is 11.9 Å². The highest BCUT2D eigenvalue weighted by Gasteiger charge is 2.31. The Morgan fingerprint density at radius 3 is 1.97 bits per heavy atom. The molecule has 33 heavy (non-hydrogen) atoms. The van der Waals surface area contributed by atoms with E-state index in [-0.39, 0.29) is 52.8 Å². The monoisotopic (exact) mass is 444 g/mol. The molecule has 1 aliphatic rings. The zero-order valence-electron chi connectivity index (χ0n) is 17.7. The van der Waals surface area contributed by atoms with Gasteiger partial charge in [0.1, 0.15) is 17.2 Å². The van der Waals surface area contributed by atoms with E-state index in [0.717, 1.165) is 11.1 Å². The number of phenols is 5. The van der Waals surface area contributed by atoms with Gasteiger partial charge >= 0.3 is 0 Å². The summed E-state index contributed by atoms with van der Waals surface area (Å²) in [7, 11) is 0. The standard InChI is InChI=1S/C27H24O6/c28-20-6-3-16(4-7-20)1-2-17-9-21(29)15-25(18-5-8-26(32)27(33)13-18)24(10-17)19-11-22(30)14-23(31)12-19/h1-9,11-14,24-25,28,30-33H,10,15H2/b2-1+/t24-,25-/m1/s1. The molecule has 0 amide bonds. The van der Waals surface area contributed by atoms with Crippen molar-refractivity contribution in [3.05, 3.63) is 95.1 Å². The van der Waals surface area contributed by atoms with Gasteiger partial charge in [-0.05, 0) is 83.0 Å². The molecule has 0 aliphatic heterocycles. The van der Waals surface area contributed by atoms with E-state index in [1.54, 1.807) is 48.5 Å². The quantitative estimate of drug-likeness (QED) is 0.358. The maximum absolute atomic E-state index is 12.8. The second kappa shape index (κ2) is 9.12. The summed E-state index contributed by atoms with van der Waals surface area (Å²) in [6, 6.07) is 15.6. The van der Waals surface area contributed by atoms with Gasteiger partial charge < -0.3 is 25.5 Å². The number of aromatic hydroxyl groups is 5. The normalized spacial score (nSPS) is 18.8. The average Bonchev–Trinajstić information content (AvgIpc) is 2.93. The Kier molecular flexibility index (Phi) is 6.09. The molecule has 0 radical (unpaired) electrons. The Labute approximate surface area is 191 Å². The van der Waals surface area contributed by atoms with Crippen LogP contribution in [0.3, 0.4) is 0 Å². The number of ketones is 1. The Morgan fingerprint density at radius 2 is 1.30 bits per heavy atom. The van der Waals surface area contributed by atoms with Crippen molar-refractivity contribution in [3.63, 3.8) is 0 Å². The molecule has 6 heteroatoms. The summed E-state index contributed by atoms with van der Waals surface area (Å²) in [6.07, 6.45) is 5.88. The minimum absolute atomic E-state index is 0.0851. The zero-order chi connectivity index (χ0) is 23.5. The van der Waals surface area contributed by atoms with Gasteiger partial charge in [-0.25, -0.2) is 0 Å². The fraction of sp³-hybridized carbons (Fsp3) is 0.148. The van der Waals surface area contributed by atoms with E-state index in [1.165, 1.54) is 18.2 Å². The Bertz CT molecular complexity index is 1220. The SMILES string of the molecule is O=C1C=C(/C=C/c2ccc(O)cc2)C[C@H](c2cc(O)cc(O)c2)[C@@H](c2ccc(O)c(O)c2)C1. The van der Waals surface area contributed by atoms with E-state index >= 15 is 0 Å². The minimum atomic E-state index is -0.360. The topological polar surface area (TPSA) is 118 Å². The number of carbonyl (C=O) groups is 1. The molecule has 4 rings (SSSR count). The van der Waals surface area contributed by atoms with Gasteiger partial charge in [-0.15, -0.1) is 0 Å². The lowest BCUT2D eigenvalue weighted by Gasteiger charge is -2.27. The van der Waals surface area contributed by atoms with Crippen LogP contribution in [0.1, 0.15) is 41.4 Å². The molecule has 5 N–H and O–H groups in total. The van der Waals surface area contributed by atoms with E-state index in [0.29, 0.717) is 17.5 Å². The molecule has 0 saturated carbocycles. The summed E-state index contributed by atoms with van der Waals surface area (Å²) in [4.78, 5) is 12.8. The molecule has 6 nitrogen and oxygen atoms in total. The van der Waals surface area contributed by atoms with Crippen LogP contribution in [0.15, 0.2) is 78.4 Å². The molecule has 3 aromatic rings. The molecule has 0 heterocycles. The third kappa shape index (κ3) is 5.18. The lowest BCUT2D eigenvalue weighted by atomic mass is 9.77. The molecule has 0 fully saturated rings. The second-order valence-corrected chi connectivity index (χ2v) is 8.26. The van der Waals surface area contributed by atoms with E-state index in [2.05, 4.69) is 0 Å². The van der Waals surface area contributed by atoms with Gasteiger partial charge in [-0.2, -0.15) is 0 Å². The number of benzene rings is 3. The maximum Gasteiger partial charge on any atom is 0.157 e. The molecule has 0 bridgehead atoms. The first kappa shape index (κ1) is 22.0. The van der Waals surface area contributed by atoms with Crippen LogP contribution < -0.4 is 0 Å². The highest BCUT2D eigenvalue weighted by Crippen LogP contribution is 2.45. The van der Waals surface area contributed by atoms with Gasteiger partial charge in [-0.3, -0.25) is 4.79 Å². The summed E-state index contributed by atoms with van der Waals surface area (Å²) < 4.78 is 0. The summed E-state index contributed by atoms with van der Waals surface area (Å²) in [6.45, 7) is 0. The van der Waals surface area contributed by atoms with Crippen molar-refractivity contribution in [3.8, 4) is 28.7 Å². The van der Waals surface area contributed by atoms with Crippen LogP contribution in [-0.4, -0.2) is 31.3 Å². The number of allylic oxidation sites excluding steroid dienone is 3. The first-order valence-corrected chi connectivity index (χ1v) is 10.5. The molecule has 0 unspecified atom stereocenters. The van der Waals surface area contributed by atoms with Gasteiger partial charge in [0.05, 0.1) is 0 Å². The van der Waals surface area contributed by atoms with E-state index in [1.807, 2.05) is 12.2 Å². The van der Waals surface area contributed by atoms with Crippen molar-refractivity contribution in [1.29, 1.82) is 0 Å². The predicted molar refractivity (Wildman–Crippen MR) is 124 cm³/mol. The Balaban J connectivity index is 1.74. The van der Waals surface area contributed by atoms with Crippen molar-refractivity contribution in [2.75, 3.05) is 0 Å². The van der Waals surface area contributed by atoms with Gasteiger partial charge in [-0.1, -0.05) is 30.4 Å². The van der Waals surface area contributed by atoms with Gasteiger partial charge in [0, 0.05) is 12.5 Å². The van der Waals surface area contributed by atoms with E-state index < -0.39 is 0 Å². The van der Waals surface area contributed by atoms with Gasteiger partial charge in [0.25, 0.3) is 0 Å². The van der Waals surface area contributed by atoms with Crippen LogP contribution in [0.2, 0.25) is 0 Å². The number of rotatable bonds is 4. The van der Waals surface area contributed by atoms with E-state index in [4.69, 9.17) is 0 Å². The van der Waals surface area contributed by atoms with Crippen LogP contribution in [0.25, 0.3) is 6.08 Å². The van der Waals surface area contributed by atoms with Crippen LogP contribution in [0.5, 0.6) is 28.7 Å². The third-order valence-corrected chi connectivity index (χ3v) is 5.87. The van der Waals surface area contributed by atoms with Crippen molar-refractivity contribution < 1.29 is 30.3 Å². The van der Waals surface area contributed by atoms with Crippen molar-refractivity contribution in [1.82, 2.24) is 0 Å². The maximum atomic E-state index is 12.8. The Hall–Kier alpha value is -4.19. The minimum Gasteiger partial charge on any atom is -0.508 e. The van der Waals surface area contributed by atoms with Gasteiger partial charge in [0.2, 0.25) is 0 Å². The molecule has 0 saturated heterocycles. The molecular weight excluding hydrogens is 420 g/mol. The molecule has 0 spiro atoms. The smallest absolute Gasteiger partial charge is 0.157 e. The summed E-state index contributed by atoms with van der Waals surface area (Å²) >= 11 is 0. The second-order valence-electron chi connectivity index (χ2n) is 8.26. The first-order valence-electron chi connectivity index (χ1n) is 10.5. The molecule has 168 valence electrons.